The van der Waals surface area contributed by atoms with Crippen LogP contribution in [-0.2, 0) is 0 Å². The Morgan fingerprint density at radius 2 is 2.18 bits per heavy atom. The van der Waals surface area contributed by atoms with Crippen LogP contribution in [0.25, 0.3) is 0 Å². The highest BCUT2D eigenvalue weighted by molar-refractivity contribution is 6.19. The van der Waals surface area contributed by atoms with E-state index in [0.717, 1.165) is 29.3 Å². The SMILES string of the molecule is Cc1ccc2c(c1)C(c1ccco1)=NCC(CCl)N2CCCl. The van der Waals surface area contributed by atoms with Crippen molar-refractivity contribution in [3.05, 3.63) is 53.5 Å². The fourth-order valence-electron chi connectivity index (χ4n) is 2.82. The molecule has 0 saturated carbocycles. The van der Waals surface area contributed by atoms with Crippen molar-refractivity contribution >= 4 is 34.6 Å². The quantitative estimate of drug-likeness (QED) is 0.786. The predicted octanol–water partition coefficient (Wildman–Crippen LogP) is 4.09. The first-order valence-corrected chi connectivity index (χ1v) is 8.39. The number of halogens is 2. The topological polar surface area (TPSA) is 28.7 Å². The number of fused-ring (bicyclic) bond motifs is 1. The number of alkyl halides is 2. The molecular weight excluding hydrogens is 319 g/mol. The van der Waals surface area contributed by atoms with Crippen LogP contribution in [0.2, 0.25) is 0 Å². The van der Waals surface area contributed by atoms with Gasteiger partial charge in [-0.05, 0) is 31.2 Å². The molecule has 0 fully saturated rings. The van der Waals surface area contributed by atoms with Crippen molar-refractivity contribution in [3.8, 4) is 0 Å². The number of aliphatic imine (C=N–C) groups is 1. The smallest absolute Gasteiger partial charge is 0.152 e. The fourth-order valence-corrected chi connectivity index (χ4v) is 3.26. The molecule has 0 spiro atoms. The Balaban J connectivity index is 2.16. The largest absolute Gasteiger partial charge is 0.463 e. The minimum absolute atomic E-state index is 0.134. The van der Waals surface area contributed by atoms with Gasteiger partial charge in [-0.25, -0.2) is 0 Å². The van der Waals surface area contributed by atoms with E-state index in [0.29, 0.717) is 18.3 Å². The van der Waals surface area contributed by atoms with Crippen molar-refractivity contribution in [2.75, 3.05) is 29.7 Å². The molecule has 116 valence electrons. The molecule has 2 aromatic rings. The first-order chi connectivity index (χ1) is 10.7. The maximum Gasteiger partial charge on any atom is 0.152 e. The summed E-state index contributed by atoms with van der Waals surface area (Å²) in [7, 11) is 0. The molecule has 2 heterocycles. The van der Waals surface area contributed by atoms with Gasteiger partial charge in [0.2, 0.25) is 0 Å². The van der Waals surface area contributed by atoms with Gasteiger partial charge in [-0.3, -0.25) is 4.99 Å². The van der Waals surface area contributed by atoms with Crippen molar-refractivity contribution in [2.24, 2.45) is 4.99 Å². The lowest BCUT2D eigenvalue weighted by Gasteiger charge is -2.31. The average Bonchev–Trinajstić information content (AvgIpc) is 3.00. The van der Waals surface area contributed by atoms with Gasteiger partial charge in [0.05, 0.1) is 18.8 Å². The van der Waals surface area contributed by atoms with Crippen LogP contribution >= 0.6 is 23.2 Å². The molecule has 0 amide bonds. The molecule has 1 unspecified atom stereocenters. The summed E-state index contributed by atoms with van der Waals surface area (Å²) in [6, 6.07) is 10.3. The minimum Gasteiger partial charge on any atom is -0.463 e. The highest BCUT2D eigenvalue weighted by Gasteiger charge is 2.26. The summed E-state index contributed by atoms with van der Waals surface area (Å²) in [6.07, 6.45) is 1.67. The van der Waals surface area contributed by atoms with Gasteiger partial charge in [0.25, 0.3) is 0 Å². The summed E-state index contributed by atoms with van der Waals surface area (Å²) in [4.78, 5) is 7.04. The Morgan fingerprint density at radius 1 is 1.32 bits per heavy atom. The van der Waals surface area contributed by atoms with Crippen LogP contribution < -0.4 is 4.90 Å². The molecule has 0 aliphatic carbocycles. The van der Waals surface area contributed by atoms with E-state index in [2.05, 4.69) is 30.0 Å². The number of furan rings is 1. The van der Waals surface area contributed by atoms with E-state index in [-0.39, 0.29) is 6.04 Å². The number of benzodiazepines with no additional fused rings is 1. The molecule has 1 aliphatic rings. The van der Waals surface area contributed by atoms with Crippen LogP contribution in [0.3, 0.4) is 0 Å². The number of benzene rings is 1. The third kappa shape index (κ3) is 2.88. The fraction of sp³-hybridized carbons (Fsp3) is 0.353. The van der Waals surface area contributed by atoms with E-state index in [4.69, 9.17) is 32.6 Å². The second-order valence-corrected chi connectivity index (χ2v) is 6.06. The van der Waals surface area contributed by atoms with Crippen molar-refractivity contribution in [2.45, 2.75) is 13.0 Å². The van der Waals surface area contributed by atoms with Crippen molar-refractivity contribution in [1.29, 1.82) is 0 Å². The summed E-state index contributed by atoms with van der Waals surface area (Å²) >= 11 is 12.2. The van der Waals surface area contributed by atoms with Crippen LogP contribution in [0, 0.1) is 6.92 Å². The van der Waals surface area contributed by atoms with E-state index >= 15 is 0 Å². The lowest BCUT2D eigenvalue weighted by molar-refractivity contribution is 0.557. The van der Waals surface area contributed by atoms with Gasteiger partial charge < -0.3 is 9.32 Å². The van der Waals surface area contributed by atoms with Gasteiger partial charge in [-0.15, -0.1) is 23.2 Å². The van der Waals surface area contributed by atoms with Crippen LogP contribution in [0.4, 0.5) is 5.69 Å². The second-order valence-electron chi connectivity index (χ2n) is 5.38. The standard InChI is InChI=1S/C17H18Cl2N2O/c1-12-4-5-15-14(9-12)17(16-3-2-8-22-16)20-11-13(10-19)21(15)7-6-18/h2-5,8-9,13H,6-7,10-11H2,1H3. The van der Waals surface area contributed by atoms with Gasteiger partial charge >= 0.3 is 0 Å². The lowest BCUT2D eigenvalue weighted by Crippen LogP contribution is -2.40. The number of aryl methyl sites for hydroxylation is 1. The number of rotatable bonds is 4. The van der Waals surface area contributed by atoms with E-state index in [9.17, 15) is 0 Å². The molecule has 0 radical (unpaired) electrons. The molecule has 3 nitrogen and oxygen atoms in total. The molecular formula is C17H18Cl2N2O. The van der Waals surface area contributed by atoms with Crippen molar-refractivity contribution in [3.63, 3.8) is 0 Å². The molecule has 1 atom stereocenters. The summed E-state index contributed by atoms with van der Waals surface area (Å²) in [5, 5.41) is 0. The Hall–Kier alpha value is -1.45. The monoisotopic (exact) mass is 336 g/mol. The van der Waals surface area contributed by atoms with Gasteiger partial charge in [0.15, 0.2) is 5.76 Å². The molecule has 1 aromatic heterocycles. The summed E-state index contributed by atoms with van der Waals surface area (Å²) < 4.78 is 5.58. The highest BCUT2D eigenvalue weighted by Crippen LogP contribution is 2.30. The van der Waals surface area contributed by atoms with Crippen LogP contribution in [0.15, 0.2) is 46.0 Å². The molecule has 0 N–H and O–H groups in total. The molecule has 1 aliphatic heterocycles. The first-order valence-electron chi connectivity index (χ1n) is 7.32. The van der Waals surface area contributed by atoms with E-state index in [1.807, 2.05) is 12.1 Å². The zero-order valence-electron chi connectivity index (χ0n) is 12.4. The third-order valence-corrected chi connectivity index (χ3v) is 4.40. The van der Waals surface area contributed by atoms with Crippen molar-refractivity contribution in [1.82, 2.24) is 0 Å². The molecule has 22 heavy (non-hydrogen) atoms. The van der Waals surface area contributed by atoms with Crippen molar-refractivity contribution < 1.29 is 4.42 Å². The average molecular weight is 337 g/mol. The summed E-state index contributed by atoms with van der Waals surface area (Å²) in [5.74, 6) is 1.85. The summed E-state index contributed by atoms with van der Waals surface area (Å²) in [5.41, 5.74) is 4.27. The van der Waals surface area contributed by atoms with E-state index in [1.165, 1.54) is 5.56 Å². The number of hydrogen-bond donors (Lipinski definition) is 0. The Labute approximate surface area is 140 Å². The van der Waals surface area contributed by atoms with Gasteiger partial charge in [0.1, 0.15) is 5.71 Å². The van der Waals surface area contributed by atoms with E-state index < -0.39 is 0 Å². The third-order valence-electron chi connectivity index (χ3n) is 3.88. The Bertz CT molecular complexity index is 667. The normalized spacial score (nSPS) is 17.9. The maximum absolute atomic E-state index is 6.18. The van der Waals surface area contributed by atoms with Crippen LogP contribution in [0.1, 0.15) is 16.9 Å². The van der Waals surface area contributed by atoms with Crippen LogP contribution in [0.5, 0.6) is 0 Å². The number of nitrogens with zero attached hydrogens (tertiary/aromatic N) is 2. The Kier molecular flexibility index (Phi) is 4.74. The molecule has 0 saturated heterocycles. The van der Waals surface area contributed by atoms with Gasteiger partial charge in [0, 0.05) is 29.6 Å². The van der Waals surface area contributed by atoms with Gasteiger partial charge in [-0.1, -0.05) is 11.6 Å². The summed E-state index contributed by atoms with van der Waals surface area (Å²) in [6.45, 7) is 3.45. The first kappa shape index (κ1) is 15.4. The zero-order valence-corrected chi connectivity index (χ0v) is 13.9. The second kappa shape index (κ2) is 6.76. The van der Waals surface area contributed by atoms with Gasteiger partial charge in [-0.2, -0.15) is 0 Å². The number of hydrogen-bond acceptors (Lipinski definition) is 3. The molecule has 5 heteroatoms. The molecule has 0 bridgehead atoms. The minimum atomic E-state index is 0.134. The maximum atomic E-state index is 6.18. The predicted molar refractivity (Wildman–Crippen MR) is 93.0 cm³/mol. The zero-order chi connectivity index (χ0) is 15.5. The van der Waals surface area contributed by atoms with Crippen LogP contribution in [-0.4, -0.2) is 36.6 Å². The molecule has 3 rings (SSSR count). The van der Waals surface area contributed by atoms with E-state index in [1.54, 1.807) is 6.26 Å². The Morgan fingerprint density at radius 3 is 2.86 bits per heavy atom. The lowest BCUT2D eigenvalue weighted by atomic mass is 10.0. The highest BCUT2D eigenvalue weighted by atomic mass is 35.5. The number of anilines is 1. The molecule has 1 aromatic carbocycles.